The molecule has 3 aromatic rings. The van der Waals surface area contributed by atoms with Crippen LogP contribution in [0.25, 0.3) is 11.3 Å². The molecule has 1 amide bonds. The zero-order valence-electron chi connectivity index (χ0n) is 17.3. The van der Waals surface area contributed by atoms with Gasteiger partial charge in [0.25, 0.3) is 5.91 Å². The van der Waals surface area contributed by atoms with Crippen molar-refractivity contribution in [3.63, 3.8) is 0 Å². The van der Waals surface area contributed by atoms with Crippen LogP contribution in [0, 0.1) is 0 Å². The van der Waals surface area contributed by atoms with Gasteiger partial charge in [-0.1, -0.05) is 0 Å². The van der Waals surface area contributed by atoms with Crippen molar-refractivity contribution in [2.75, 3.05) is 28.4 Å². The maximum atomic E-state index is 12.7. The number of carbonyl (C=O) groups is 1. The molecule has 1 aromatic carbocycles. The average molecular weight is 414 g/mol. The van der Waals surface area contributed by atoms with Gasteiger partial charge in [0, 0.05) is 12.6 Å². The Kier molecular flexibility index (Phi) is 6.30. The first kappa shape index (κ1) is 20.8. The van der Waals surface area contributed by atoms with Crippen LogP contribution >= 0.6 is 0 Å². The first-order valence-electron chi connectivity index (χ1n) is 8.86. The summed E-state index contributed by atoms with van der Waals surface area (Å²) < 4.78 is 22.2. The molecule has 1 N–H and O–H groups in total. The first-order valence-corrected chi connectivity index (χ1v) is 8.86. The second kappa shape index (κ2) is 9.07. The third-order valence-corrected chi connectivity index (χ3v) is 4.21. The van der Waals surface area contributed by atoms with Gasteiger partial charge in [-0.05, 0) is 24.3 Å². The van der Waals surface area contributed by atoms with E-state index in [0.29, 0.717) is 34.3 Å². The van der Waals surface area contributed by atoms with Crippen molar-refractivity contribution in [1.29, 1.82) is 0 Å². The molecule has 2 aromatic heterocycles. The van der Waals surface area contributed by atoms with Crippen molar-refractivity contribution in [1.82, 2.24) is 30.0 Å². The summed E-state index contributed by atoms with van der Waals surface area (Å²) in [6.45, 7) is 0.0526. The monoisotopic (exact) mass is 414 g/mol. The van der Waals surface area contributed by atoms with E-state index in [2.05, 4.69) is 25.4 Å². The van der Waals surface area contributed by atoms with Gasteiger partial charge in [-0.15, -0.1) is 4.98 Å². The number of aromatic nitrogens is 5. The maximum absolute atomic E-state index is 12.7. The lowest BCUT2D eigenvalue weighted by atomic mass is 10.1. The predicted molar refractivity (Wildman–Crippen MR) is 106 cm³/mol. The van der Waals surface area contributed by atoms with Crippen LogP contribution in [0.5, 0.6) is 23.5 Å². The van der Waals surface area contributed by atoms with Gasteiger partial charge in [0.1, 0.15) is 17.2 Å². The van der Waals surface area contributed by atoms with E-state index >= 15 is 0 Å². The van der Waals surface area contributed by atoms with Crippen LogP contribution in [0.1, 0.15) is 16.3 Å². The van der Waals surface area contributed by atoms with E-state index in [1.807, 2.05) is 0 Å². The summed E-state index contributed by atoms with van der Waals surface area (Å²) >= 11 is 0. The van der Waals surface area contributed by atoms with Crippen molar-refractivity contribution in [3.05, 3.63) is 35.8 Å². The molecule has 0 saturated carbocycles. The van der Waals surface area contributed by atoms with Crippen molar-refractivity contribution >= 4 is 5.91 Å². The molecule has 0 aliphatic rings. The molecule has 0 aliphatic heterocycles. The smallest absolute Gasteiger partial charge is 0.322 e. The normalized spacial score (nSPS) is 10.4. The van der Waals surface area contributed by atoms with Crippen molar-refractivity contribution in [2.24, 2.45) is 7.05 Å². The van der Waals surface area contributed by atoms with E-state index in [1.54, 1.807) is 45.5 Å². The Bertz CT molecular complexity index is 1030. The quantitative estimate of drug-likeness (QED) is 0.580. The average Bonchev–Trinajstić information content (AvgIpc) is 3.18. The van der Waals surface area contributed by atoms with Gasteiger partial charge >= 0.3 is 12.0 Å². The van der Waals surface area contributed by atoms with Crippen LogP contribution in [-0.4, -0.2) is 59.1 Å². The molecule has 3 rings (SSSR count). The first-order chi connectivity index (χ1) is 14.5. The fourth-order valence-corrected chi connectivity index (χ4v) is 2.71. The number of carbonyl (C=O) groups excluding carboxylic acids is 1. The van der Waals surface area contributed by atoms with Crippen LogP contribution in [0.4, 0.5) is 0 Å². The molecule has 0 aliphatic carbocycles. The summed E-state index contributed by atoms with van der Waals surface area (Å²) in [5, 5.41) is 7.19. The van der Waals surface area contributed by atoms with E-state index in [9.17, 15) is 4.79 Å². The fourth-order valence-electron chi connectivity index (χ4n) is 2.71. The summed E-state index contributed by atoms with van der Waals surface area (Å²) in [6, 6.07) is 7.23. The van der Waals surface area contributed by atoms with Crippen LogP contribution in [0.3, 0.4) is 0 Å². The minimum atomic E-state index is -0.351. The lowest BCUT2D eigenvalue weighted by Crippen LogP contribution is -2.26. The highest BCUT2D eigenvalue weighted by Gasteiger charge is 2.18. The number of hydrogen-bond donors (Lipinski definition) is 1. The molecule has 0 radical (unpaired) electrons. The number of methoxy groups -OCH3 is 4. The van der Waals surface area contributed by atoms with Gasteiger partial charge < -0.3 is 24.3 Å². The van der Waals surface area contributed by atoms with Crippen LogP contribution < -0.4 is 24.3 Å². The lowest BCUT2D eigenvalue weighted by Gasteiger charge is -2.08. The van der Waals surface area contributed by atoms with Gasteiger partial charge in [0.05, 0.1) is 40.7 Å². The van der Waals surface area contributed by atoms with Gasteiger partial charge in [-0.3, -0.25) is 9.48 Å². The highest BCUT2D eigenvalue weighted by atomic mass is 16.5. The molecule has 0 unspecified atom stereocenters. The molecule has 0 bridgehead atoms. The van der Waals surface area contributed by atoms with E-state index < -0.39 is 0 Å². The second-order valence-electron chi connectivity index (χ2n) is 6.01. The number of rotatable bonds is 8. The molecular formula is C19H22N6O5. The highest BCUT2D eigenvalue weighted by molar-refractivity contribution is 5.93. The van der Waals surface area contributed by atoms with Crippen LogP contribution in [0.15, 0.2) is 24.3 Å². The third-order valence-electron chi connectivity index (χ3n) is 4.21. The third kappa shape index (κ3) is 4.40. The number of aryl methyl sites for hydroxylation is 1. The lowest BCUT2D eigenvalue weighted by molar-refractivity contribution is 0.0940. The Hall–Kier alpha value is -3.89. The van der Waals surface area contributed by atoms with Gasteiger partial charge in [-0.2, -0.15) is 15.1 Å². The Balaban J connectivity index is 1.81. The zero-order chi connectivity index (χ0) is 21.7. The Labute approximate surface area is 173 Å². The number of hydrogen-bond acceptors (Lipinski definition) is 9. The second-order valence-corrected chi connectivity index (χ2v) is 6.01. The van der Waals surface area contributed by atoms with E-state index in [4.69, 9.17) is 18.9 Å². The standard InChI is InChI=1S/C19H22N6O5/c1-25-14(9-13(24-25)12-8-11(27-2)6-7-15(12)28-3)17(26)20-10-16-21-18(29-4)23-19(22-16)30-5/h6-9H,10H2,1-5H3,(H,20,26). The summed E-state index contributed by atoms with van der Waals surface area (Å²) in [4.78, 5) is 24.8. The van der Waals surface area contributed by atoms with E-state index in [1.165, 1.54) is 18.9 Å². The highest BCUT2D eigenvalue weighted by Crippen LogP contribution is 2.32. The molecule has 0 spiro atoms. The molecule has 0 atom stereocenters. The fraction of sp³-hybridized carbons (Fsp3) is 0.316. The number of benzene rings is 1. The molecule has 11 heteroatoms. The zero-order valence-corrected chi connectivity index (χ0v) is 17.3. The van der Waals surface area contributed by atoms with Crippen LogP contribution in [0.2, 0.25) is 0 Å². The van der Waals surface area contributed by atoms with Gasteiger partial charge in [0.2, 0.25) is 0 Å². The van der Waals surface area contributed by atoms with E-state index in [-0.39, 0.29) is 24.5 Å². The van der Waals surface area contributed by atoms with Crippen LogP contribution in [-0.2, 0) is 13.6 Å². The molecular weight excluding hydrogens is 392 g/mol. The molecule has 158 valence electrons. The topological polar surface area (TPSA) is 123 Å². The Morgan fingerprint density at radius 1 is 0.967 bits per heavy atom. The summed E-state index contributed by atoms with van der Waals surface area (Å²) in [6.07, 6.45) is 0. The van der Waals surface area contributed by atoms with Crippen molar-refractivity contribution in [2.45, 2.75) is 6.54 Å². The van der Waals surface area contributed by atoms with Gasteiger partial charge in [0.15, 0.2) is 5.82 Å². The molecule has 2 heterocycles. The summed E-state index contributed by atoms with van der Waals surface area (Å²) in [5.74, 6) is 1.21. The predicted octanol–water partition coefficient (Wildman–Crippen LogP) is 1.24. The molecule has 0 fully saturated rings. The number of nitrogens with one attached hydrogen (secondary N) is 1. The minimum Gasteiger partial charge on any atom is -0.497 e. The van der Waals surface area contributed by atoms with E-state index in [0.717, 1.165) is 0 Å². The maximum Gasteiger partial charge on any atom is 0.322 e. The number of ether oxygens (including phenoxy) is 4. The summed E-state index contributed by atoms with van der Waals surface area (Å²) in [5.41, 5.74) is 1.63. The number of amides is 1. The largest absolute Gasteiger partial charge is 0.497 e. The Morgan fingerprint density at radius 3 is 2.27 bits per heavy atom. The Morgan fingerprint density at radius 2 is 1.67 bits per heavy atom. The van der Waals surface area contributed by atoms with Crippen molar-refractivity contribution < 1.29 is 23.7 Å². The van der Waals surface area contributed by atoms with Crippen molar-refractivity contribution in [3.8, 4) is 34.8 Å². The molecule has 0 saturated heterocycles. The summed E-state index contributed by atoms with van der Waals surface area (Å²) in [7, 11) is 7.69. The van der Waals surface area contributed by atoms with Gasteiger partial charge in [-0.25, -0.2) is 0 Å². The minimum absolute atomic E-state index is 0.0526. The molecule has 11 nitrogen and oxygen atoms in total. The molecule has 30 heavy (non-hydrogen) atoms. The SMILES string of the molecule is COc1ccc(OC)c(-c2cc(C(=O)NCc3nc(OC)nc(OC)n3)n(C)n2)c1. The number of nitrogens with zero attached hydrogens (tertiary/aromatic N) is 5.